The predicted molar refractivity (Wildman–Crippen MR) is 85.6 cm³/mol. The Bertz CT molecular complexity index is 640. The molecule has 0 spiro atoms. The lowest BCUT2D eigenvalue weighted by Crippen LogP contribution is -2.27. The average Bonchev–Trinajstić information content (AvgIpc) is 2.42. The van der Waals surface area contributed by atoms with E-state index in [1.165, 1.54) is 0 Å². The molecule has 2 aromatic rings. The van der Waals surface area contributed by atoms with Crippen LogP contribution in [0.2, 0.25) is 0 Å². The summed E-state index contributed by atoms with van der Waals surface area (Å²) in [5.74, 6) is -0.0976. The number of hydrogen-bond acceptors (Lipinski definition) is 2. The topological polar surface area (TPSA) is 55.1 Å². The molecule has 0 saturated carbocycles. The van der Waals surface area contributed by atoms with Crippen LogP contribution < -0.4 is 11.1 Å². The normalized spacial score (nSPS) is 11.9. The molecule has 3 nitrogen and oxygen atoms in total. The molecular weight excluding hydrogens is 316 g/mol. The Morgan fingerprint density at radius 3 is 2.60 bits per heavy atom. The van der Waals surface area contributed by atoms with Gasteiger partial charge in [-0.2, -0.15) is 0 Å². The molecule has 0 heterocycles. The molecule has 0 fully saturated rings. The van der Waals surface area contributed by atoms with Gasteiger partial charge < -0.3 is 11.1 Å². The van der Waals surface area contributed by atoms with Crippen LogP contribution in [0.15, 0.2) is 46.9 Å². The van der Waals surface area contributed by atoms with Crippen molar-refractivity contribution in [2.24, 2.45) is 0 Å². The van der Waals surface area contributed by atoms with E-state index in [0.717, 1.165) is 15.6 Å². The van der Waals surface area contributed by atoms with Gasteiger partial charge in [0.2, 0.25) is 0 Å². The van der Waals surface area contributed by atoms with E-state index in [9.17, 15) is 4.79 Å². The fourth-order valence-corrected chi connectivity index (χ4v) is 2.48. The van der Waals surface area contributed by atoms with Gasteiger partial charge in [0.05, 0.1) is 6.04 Å². The zero-order chi connectivity index (χ0) is 14.7. The Hall–Kier alpha value is -1.81. The Kier molecular flexibility index (Phi) is 4.45. The van der Waals surface area contributed by atoms with Gasteiger partial charge in [-0.15, -0.1) is 0 Å². The van der Waals surface area contributed by atoms with Crippen LogP contribution in [-0.2, 0) is 0 Å². The van der Waals surface area contributed by atoms with Crippen molar-refractivity contribution >= 4 is 27.5 Å². The molecule has 0 radical (unpaired) electrons. The number of carbonyl (C=O) groups is 1. The second-order valence-electron chi connectivity index (χ2n) is 4.74. The molecule has 0 aliphatic rings. The summed E-state index contributed by atoms with van der Waals surface area (Å²) in [5.41, 5.74) is 9.14. The summed E-state index contributed by atoms with van der Waals surface area (Å²) in [5, 5.41) is 2.98. The van der Waals surface area contributed by atoms with Crippen LogP contribution in [0.25, 0.3) is 0 Å². The maximum atomic E-state index is 12.3. The first-order chi connectivity index (χ1) is 9.50. The molecule has 2 aromatic carbocycles. The van der Waals surface area contributed by atoms with Gasteiger partial charge in [0, 0.05) is 15.7 Å². The lowest BCUT2D eigenvalue weighted by Gasteiger charge is -2.17. The number of halogens is 1. The highest BCUT2D eigenvalue weighted by atomic mass is 79.9. The number of anilines is 1. The fourth-order valence-electron chi connectivity index (χ4n) is 2.11. The monoisotopic (exact) mass is 332 g/mol. The Morgan fingerprint density at radius 2 is 1.90 bits per heavy atom. The number of hydrogen-bond donors (Lipinski definition) is 2. The van der Waals surface area contributed by atoms with E-state index < -0.39 is 0 Å². The van der Waals surface area contributed by atoms with E-state index in [0.29, 0.717) is 11.3 Å². The standard InChI is InChI=1S/C16H17BrN2O/c1-10-12(7-5-8-14(10)17)16(20)19-11(2)13-6-3-4-9-15(13)18/h3-9,11H,18H2,1-2H3,(H,19,20). The molecule has 1 amide bonds. The zero-order valence-corrected chi connectivity index (χ0v) is 13.1. The van der Waals surface area contributed by atoms with Gasteiger partial charge in [0.25, 0.3) is 5.91 Å². The van der Waals surface area contributed by atoms with E-state index >= 15 is 0 Å². The van der Waals surface area contributed by atoms with Gasteiger partial charge in [0.15, 0.2) is 0 Å². The molecule has 0 aliphatic carbocycles. The van der Waals surface area contributed by atoms with Gasteiger partial charge in [-0.3, -0.25) is 4.79 Å². The Morgan fingerprint density at radius 1 is 1.20 bits per heavy atom. The van der Waals surface area contributed by atoms with Gasteiger partial charge >= 0.3 is 0 Å². The average molecular weight is 333 g/mol. The van der Waals surface area contributed by atoms with Crippen LogP contribution >= 0.6 is 15.9 Å². The van der Waals surface area contributed by atoms with E-state index in [2.05, 4.69) is 21.2 Å². The highest BCUT2D eigenvalue weighted by Crippen LogP contribution is 2.22. The van der Waals surface area contributed by atoms with Crippen LogP contribution in [0.3, 0.4) is 0 Å². The van der Waals surface area contributed by atoms with E-state index in [1.54, 1.807) is 0 Å². The van der Waals surface area contributed by atoms with Crippen LogP contribution in [-0.4, -0.2) is 5.91 Å². The lowest BCUT2D eigenvalue weighted by atomic mass is 10.0. The Balaban J connectivity index is 2.20. The van der Waals surface area contributed by atoms with Crippen molar-refractivity contribution in [2.45, 2.75) is 19.9 Å². The van der Waals surface area contributed by atoms with Crippen molar-refractivity contribution in [1.29, 1.82) is 0 Å². The molecule has 0 aromatic heterocycles. The Labute approximate surface area is 127 Å². The van der Waals surface area contributed by atoms with Crippen LogP contribution in [0.4, 0.5) is 5.69 Å². The molecule has 0 aliphatic heterocycles. The number of amides is 1. The highest BCUT2D eigenvalue weighted by Gasteiger charge is 2.15. The summed E-state index contributed by atoms with van der Waals surface area (Å²) in [6.07, 6.45) is 0. The molecule has 1 unspecified atom stereocenters. The van der Waals surface area contributed by atoms with Gasteiger partial charge in [0.1, 0.15) is 0 Å². The molecule has 1 atom stereocenters. The zero-order valence-electron chi connectivity index (χ0n) is 11.5. The van der Waals surface area contributed by atoms with Crippen molar-refractivity contribution in [1.82, 2.24) is 5.32 Å². The second-order valence-corrected chi connectivity index (χ2v) is 5.59. The molecule has 0 saturated heterocycles. The molecule has 2 rings (SSSR count). The number of nitrogen functional groups attached to an aromatic ring is 1. The third kappa shape index (κ3) is 3.02. The summed E-state index contributed by atoms with van der Waals surface area (Å²) in [4.78, 5) is 12.3. The SMILES string of the molecule is Cc1c(Br)cccc1C(=O)NC(C)c1ccccc1N. The third-order valence-electron chi connectivity index (χ3n) is 3.32. The number of nitrogens with one attached hydrogen (secondary N) is 1. The second kappa shape index (κ2) is 6.09. The minimum atomic E-state index is -0.137. The predicted octanol–water partition coefficient (Wildman–Crippen LogP) is 3.83. The molecule has 20 heavy (non-hydrogen) atoms. The summed E-state index contributed by atoms with van der Waals surface area (Å²) < 4.78 is 0.928. The van der Waals surface area contributed by atoms with E-state index in [4.69, 9.17) is 5.73 Å². The number of carbonyl (C=O) groups excluding carboxylic acids is 1. The number of benzene rings is 2. The van der Waals surface area contributed by atoms with Crippen molar-refractivity contribution in [3.05, 3.63) is 63.6 Å². The maximum absolute atomic E-state index is 12.3. The third-order valence-corrected chi connectivity index (χ3v) is 4.18. The quantitative estimate of drug-likeness (QED) is 0.839. The maximum Gasteiger partial charge on any atom is 0.252 e. The van der Waals surface area contributed by atoms with E-state index in [-0.39, 0.29) is 11.9 Å². The van der Waals surface area contributed by atoms with E-state index in [1.807, 2.05) is 56.3 Å². The summed E-state index contributed by atoms with van der Waals surface area (Å²) in [6.45, 7) is 3.84. The van der Waals surface area contributed by atoms with Crippen molar-refractivity contribution in [3.63, 3.8) is 0 Å². The van der Waals surface area contributed by atoms with Crippen LogP contribution in [0, 0.1) is 6.92 Å². The molecular formula is C16H17BrN2O. The van der Waals surface area contributed by atoms with Crippen LogP contribution in [0.5, 0.6) is 0 Å². The largest absolute Gasteiger partial charge is 0.398 e. The molecule has 3 N–H and O–H groups in total. The van der Waals surface area contributed by atoms with Crippen LogP contribution in [0.1, 0.15) is 34.5 Å². The molecule has 4 heteroatoms. The van der Waals surface area contributed by atoms with Crippen molar-refractivity contribution in [3.8, 4) is 0 Å². The number of nitrogens with two attached hydrogens (primary N) is 1. The smallest absolute Gasteiger partial charge is 0.252 e. The fraction of sp³-hybridized carbons (Fsp3) is 0.188. The minimum Gasteiger partial charge on any atom is -0.398 e. The van der Waals surface area contributed by atoms with Gasteiger partial charge in [-0.1, -0.05) is 40.2 Å². The summed E-state index contributed by atoms with van der Waals surface area (Å²) in [7, 11) is 0. The van der Waals surface area contributed by atoms with Crippen molar-refractivity contribution < 1.29 is 4.79 Å². The van der Waals surface area contributed by atoms with Gasteiger partial charge in [-0.25, -0.2) is 0 Å². The summed E-state index contributed by atoms with van der Waals surface area (Å²) in [6, 6.07) is 13.0. The first-order valence-corrected chi connectivity index (χ1v) is 7.20. The summed E-state index contributed by atoms with van der Waals surface area (Å²) >= 11 is 3.44. The highest BCUT2D eigenvalue weighted by molar-refractivity contribution is 9.10. The first kappa shape index (κ1) is 14.6. The van der Waals surface area contributed by atoms with Gasteiger partial charge in [-0.05, 0) is 43.2 Å². The minimum absolute atomic E-state index is 0.0976. The van der Waals surface area contributed by atoms with Crippen molar-refractivity contribution in [2.75, 3.05) is 5.73 Å². The first-order valence-electron chi connectivity index (χ1n) is 6.41. The number of para-hydroxylation sites is 1. The molecule has 0 bridgehead atoms. The lowest BCUT2D eigenvalue weighted by molar-refractivity contribution is 0.0939. The molecule has 104 valence electrons. The number of rotatable bonds is 3.